The molecule has 1 rings (SSSR count). The number of hydrogen-bond acceptors (Lipinski definition) is 2. The summed E-state index contributed by atoms with van der Waals surface area (Å²) in [5, 5.41) is 0. The minimum Gasteiger partial charge on any atom is -0.330 e. The summed E-state index contributed by atoms with van der Waals surface area (Å²) in [7, 11) is 0. The minimum atomic E-state index is 0.406. The summed E-state index contributed by atoms with van der Waals surface area (Å²) in [4.78, 5) is 0. The summed E-state index contributed by atoms with van der Waals surface area (Å²) in [6.45, 7) is 0.767. The van der Waals surface area contributed by atoms with Crippen molar-refractivity contribution >= 4 is 0 Å². The van der Waals surface area contributed by atoms with Crippen LogP contribution in [0.15, 0.2) is 0 Å². The van der Waals surface area contributed by atoms with E-state index in [4.69, 9.17) is 11.5 Å². The molecule has 0 bridgehead atoms. The monoisotopic (exact) mass is 99.1 g/mol. The molecule has 1 radical (unpaired) electrons. The van der Waals surface area contributed by atoms with Gasteiger partial charge in [0.15, 0.2) is 0 Å². The first kappa shape index (κ1) is 5.06. The molecular weight excluding hydrogens is 88.1 g/mol. The molecule has 0 aromatic carbocycles. The fourth-order valence-corrected chi connectivity index (χ4v) is 0.696. The fourth-order valence-electron chi connectivity index (χ4n) is 0.696. The largest absolute Gasteiger partial charge is 0.330 e. The molecule has 0 heterocycles. The minimum absolute atomic E-state index is 0.406. The normalized spacial score (nSPS) is 30.9. The number of rotatable bonds is 2. The van der Waals surface area contributed by atoms with Gasteiger partial charge in [0.25, 0.3) is 0 Å². The molecule has 1 aliphatic carbocycles. The third-order valence-electron chi connectivity index (χ3n) is 1.31. The summed E-state index contributed by atoms with van der Waals surface area (Å²) in [5.41, 5.74) is 10.7. The van der Waals surface area contributed by atoms with Crippen LogP contribution in [-0.4, -0.2) is 12.6 Å². The molecule has 0 aromatic heterocycles. The molecule has 0 aromatic rings. The average Bonchev–Trinajstić information content (AvgIpc) is 2.22. The van der Waals surface area contributed by atoms with Gasteiger partial charge in [0.2, 0.25) is 0 Å². The van der Waals surface area contributed by atoms with Crippen LogP contribution in [0.4, 0.5) is 0 Å². The Hall–Kier alpha value is -0.0800. The fraction of sp³-hybridized carbons (Fsp3) is 0.800. The molecule has 0 saturated heterocycles. The van der Waals surface area contributed by atoms with E-state index in [2.05, 4.69) is 0 Å². The first-order chi connectivity index (χ1) is 3.34. The van der Waals surface area contributed by atoms with E-state index < -0.39 is 0 Å². The Morgan fingerprint density at radius 1 is 1.71 bits per heavy atom. The van der Waals surface area contributed by atoms with E-state index in [0.717, 1.165) is 19.4 Å². The van der Waals surface area contributed by atoms with Crippen molar-refractivity contribution in [3.63, 3.8) is 0 Å². The third kappa shape index (κ3) is 1.14. The van der Waals surface area contributed by atoms with Gasteiger partial charge < -0.3 is 11.5 Å². The molecule has 1 unspecified atom stereocenters. The Bertz CT molecular complexity index is 63.1. The summed E-state index contributed by atoms with van der Waals surface area (Å²) in [6.07, 6.45) is 2.17. The van der Waals surface area contributed by atoms with Gasteiger partial charge in [0.05, 0.1) is 0 Å². The highest BCUT2D eigenvalue weighted by Gasteiger charge is 2.32. The molecule has 7 heavy (non-hydrogen) atoms. The van der Waals surface area contributed by atoms with Gasteiger partial charge in [-0.2, -0.15) is 0 Å². The van der Waals surface area contributed by atoms with Gasteiger partial charge in [-0.15, -0.1) is 0 Å². The first-order valence-electron chi connectivity index (χ1n) is 2.65. The molecule has 0 aliphatic heterocycles. The van der Waals surface area contributed by atoms with Crippen LogP contribution in [0.25, 0.3) is 0 Å². The molecule has 1 aliphatic rings. The SMILES string of the molecule is NCC[C]1CC1N. The van der Waals surface area contributed by atoms with Gasteiger partial charge in [-0.1, -0.05) is 0 Å². The molecule has 1 saturated carbocycles. The molecule has 0 spiro atoms. The Morgan fingerprint density at radius 2 is 2.29 bits per heavy atom. The number of nitrogens with two attached hydrogens (primary N) is 2. The van der Waals surface area contributed by atoms with Crippen LogP contribution in [0, 0.1) is 5.92 Å². The van der Waals surface area contributed by atoms with Crippen LogP contribution in [0.5, 0.6) is 0 Å². The summed E-state index contributed by atoms with van der Waals surface area (Å²) >= 11 is 0. The Labute approximate surface area is 43.9 Å². The molecule has 41 valence electrons. The lowest BCUT2D eigenvalue weighted by Gasteiger charge is -1.86. The van der Waals surface area contributed by atoms with Crippen LogP contribution in [0.2, 0.25) is 0 Å². The topological polar surface area (TPSA) is 52.0 Å². The standard InChI is InChI=1S/C5H11N2/c6-2-1-4-3-5(4)7/h5H,1-3,6-7H2. The molecular formula is C5H11N2. The van der Waals surface area contributed by atoms with Crippen molar-refractivity contribution < 1.29 is 0 Å². The summed E-state index contributed by atoms with van der Waals surface area (Å²) in [6, 6.07) is 0.406. The van der Waals surface area contributed by atoms with E-state index in [1.165, 1.54) is 5.92 Å². The van der Waals surface area contributed by atoms with Crippen molar-refractivity contribution in [1.29, 1.82) is 0 Å². The van der Waals surface area contributed by atoms with E-state index in [9.17, 15) is 0 Å². The Morgan fingerprint density at radius 3 is 2.43 bits per heavy atom. The summed E-state index contributed by atoms with van der Waals surface area (Å²) in [5.74, 6) is 1.45. The van der Waals surface area contributed by atoms with Crippen LogP contribution in [0.1, 0.15) is 12.8 Å². The van der Waals surface area contributed by atoms with E-state index in [1.807, 2.05) is 0 Å². The van der Waals surface area contributed by atoms with Crippen LogP contribution in [0.3, 0.4) is 0 Å². The highest BCUT2D eigenvalue weighted by molar-refractivity contribution is 5.17. The smallest absolute Gasteiger partial charge is 0.0109 e. The Kier molecular flexibility index (Phi) is 1.30. The van der Waals surface area contributed by atoms with Crippen molar-refractivity contribution in [2.75, 3.05) is 6.54 Å². The molecule has 1 atom stereocenters. The first-order valence-corrected chi connectivity index (χ1v) is 2.65. The zero-order valence-corrected chi connectivity index (χ0v) is 4.35. The third-order valence-corrected chi connectivity index (χ3v) is 1.31. The van der Waals surface area contributed by atoms with Gasteiger partial charge in [0.1, 0.15) is 0 Å². The Balaban J connectivity index is 1.98. The van der Waals surface area contributed by atoms with E-state index in [-0.39, 0.29) is 0 Å². The van der Waals surface area contributed by atoms with Gasteiger partial charge in [0, 0.05) is 6.04 Å². The van der Waals surface area contributed by atoms with Gasteiger partial charge in [-0.3, -0.25) is 0 Å². The van der Waals surface area contributed by atoms with Crippen molar-refractivity contribution in [1.82, 2.24) is 0 Å². The van der Waals surface area contributed by atoms with Crippen molar-refractivity contribution in [2.45, 2.75) is 18.9 Å². The summed E-state index contributed by atoms with van der Waals surface area (Å²) < 4.78 is 0. The average molecular weight is 99.2 g/mol. The zero-order valence-electron chi connectivity index (χ0n) is 4.35. The maximum absolute atomic E-state index is 5.46. The molecule has 2 nitrogen and oxygen atoms in total. The van der Waals surface area contributed by atoms with Crippen LogP contribution in [-0.2, 0) is 0 Å². The zero-order chi connectivity index (χ0) is 5.28. The van der Waals surface area contributed by atoms with Gasteiger partial charge >= 0.3 is 0 Å². The molecule has 4 N–H and O–H groups in total. The second-order valence-corrected chi connectivity index (χ2v) is 2.01. The lowest BCUT2D eigenvalue weighted by molar-refractivity contribution is 0.902. The van der Waals surface area contributed by atoms with Crippen LogP contribution < -0.4 is 11.5 Å². The van der Waals surface area contributed by atoms with Gasteiger partial charge in [-0.05, 0) is 25.3 Å². The van der Waals surface area contributed by atoms with E-state index >= 15 is 0 Å². The lowest BCUT2D eigenvalue weighted by Crippen LogP contribution is -2.05. The molecule has 1 fully saturated rings. The molecule has 2 heteroatoms. The molecule has 0 amide bonds. The van der Waals surface area contributed by atoms with Crippen molar-refractivity contribution in [3.8, 4) is 0 Å². The van der Waals surface area contributed by atoms with E-state index in [1.54, 1.807) is 0 Å². The van der Waals surface area contributed by atoms with Crippen molar-refractivity contribution in [2.24, 2.45) is 11.5 Å². The maximum Gasteiger partial charge on any atom is 0.0109 e. The van der Waals surface area contributed by atoms with Crippen LogP contribution >= 0.6 is 0 Å². The predicted molar refractivity (Wildman–Crippen MR) is 29.5 cm³/mol. The number of hydrogen-bond donors (Lipinski definition) is 2. The lowest BCUT2D eigenvalue weighted by atomic mass is 10.3. The highest BCUT2D eigenvalue weighted by Crippen LogP contribution is 2.32. The second kappa shape index (κ2) is 1.80. The van der Waals surface area contributed by atoms with Crippen molar-refractivity contribution in [3.05, 3.63) is 5.92 Å². The maximum atomic E-state index is 5.46. The quantitative estimate of drug-likeness (QED) is 0.496. The van der Waals surface area contributed by atoms with Gasteiger partial charge in [-0.25, -0.2) is 0 Å². The highest BCUT2D eigenvalue weighted by atomic mass is 14.7. The second-order valence-electron chi connectivity index (χ2n) is 2.01. The predicted octanol–water partition coefficient (Wildman–Crippen LogP) is -0.359. The van der Waals surface area contributed by atoms with E-state index in [0.29, 0.717) is 6.04 Å².